The van der Waals surface area contributed by atoms with Gasteiger partial charge in [-0.1, -0.05) is 5.92 Å². The third-order valence-corrected chi connectivity index (χ3v) is 2.86. The number of ether oxygens (including phenoxy) is 1. The van der Waals surface area contributed by atoms with Crippen molar-refractivity contribution in [2.45, 2.75) is 53.4 Å². The summed E-state index contributed by atoms with van der Waals surface area (Å²) < 4.78 is 5.34. The Bertz CT molecular complexity index is 586. The minimum absolute atomic E-state index is 0.122. The first kappa shape index (κ1) is 17.9. The van der Waals surface area contributed by atoms with Crippen LogP contribution in [0, 0.1) is 26.2 Å². The fourth-order valence-corrected chi connectivity index (χ4v) is 1.80. The van der Waals surface area contributed by atoms with Gasteiger partial charge in [-0.25, -0.2) is 4.79 Å². The van der Waals surface area contributed by atoms with E-state index >= 15 is 0 Å². The van der Waals surface area contributed by atoms with Gasteiger partial charge in [0.15, 0.2) is 0 Å². The molecule has 22 heavy (non-hydrogen) atoms. The highest BCUT2D eigenvalue weighted by molar-refractivity contribution is 5.68. The maximum atomic E-state index is 12.2. The number of carbonyl (C=O) groups is 1. The quantitative estimate of drug-likeness (QED) is 0.861. The second-order valence-corrected chi connectivity index (χ2v) is 5.99. The number of aliphatic hydroxyl groups excluding tert-OH is 1. The average Bonchev–Trinajstić information content (AvgIpc) is 2.39. The Labute approximate surface area is 131 Å². The fourth-order valence-electron chi connectivity index (χ4n) is 1.80. The Balaban J connectivity index is 2.99. The molecule has 1 N–H and O–H groups in total. The van der Waals surface area contributed by atoms with Crippen molar-refractivity contribution < 1.29 is 14.6 Å². The first-order valence-electron chi connectivity index (χ1n) is 7.03. The summed E-state index contributed by atoms with van der Waals surface area (Å²) >= 11 is 0. The van der Waals surface area contributed by atoms with Gasteiger partial charge < -0.3 is 9.84 Å². The summed E-state index contributed by atoms with van der Waals surface area (Å²) in [5.74, 6) is 2.45. The van der Waals surface area contributed by atoms with E-state index in [1.807, 2.05) is 0 Å². The monoisotopic (exact) mass is 305 g/mol. The van der Waals surface area contributed by atoms with E-state index < -0.39 is 11.7 Å². The van der Waals surface area contributed by atoms with Crippen LogP contribution in [0.15, 0.2) is 0 Å². The van der Waals surface area contributed by atoms with Gasteiger partial charge in [-0.3, -0.25) is 14.9 Å². The number of hydrogen-bond acceptors (Lipinski definition) is 5. The van der Waals surface area contributed by atoms with Crippen LogP contribution >= 0.6 is 0 Å². The van der Waals surface area contributed by atoms with Gasteiger partial charge in [0.2, 0.25) is 0 Å². The highest BCUT2D eigenvalue weighted by Crippen LogP contribution is 2.14. The van der Waals surface area contributed by atoms with Gasteiger partial charge >= 0.3 is 6.09 Å². The molecular weight excluding hydrogens is 282 g/mol. The van der Waals surface area contributed by atoms with E-state index in [0.29, 0.717) is 22.8 Å². The lowest BCUT2D eigenvalue weighted by atomic mass is 10.2. The number of aromatic nitrogens is 2. The molecule has 0 fully saturated rings. The van der Waals surface area contributed by atoms with E-state index in [0.717, 1.165) is 0 Å². The van der Waals surface area contributed by atoms with Gasteiger partial charge in [0.25, 0.3) is 0 Å². The largest absolute Gasteiger partial charge is 0.444 e. The van der Waals surface area contributed by atoms with Crippen LogP contribution in [0.2, 0.25) is 0 Å². The molecule has 0 radical (unpaired) electrons. The Morgan fingerprint density at radius 3 is 2.32 bits per heavy atom. The Kier molecular flexibility index (Phi) is 5.89. The normalized spacial score (nSPS) is 11.0. The molecule has 120 valence electrons. The molecule has 1 aromatic heterocycles. The highest BCUT2D eigenvalue weighted by Gasteiger charge is 2.23. The molecule has 0 spiro atoms. The number of carbonyl (C=O) groups excluding carboxylic acids is 1. The molecule has 1 rings (SSSR count). The minimum Gasteiger partial charge on any atom is -0.444 e. The van der Waals surface area contributed by atoms with E-state index in [2.05, 4.69) is 15.9 Å². The van der Waals surface area contributed by atoms with Crippen molar-refractivity contribution in [3.63, 3.8) is 0 Å². The Morgan fingerprint density at radius 1 is 1.27 bits per heavy atom. The molecule has 6 nitrogen and oxygen atoms in total. The average molecular weight is 305 g/mol. The van der Waals surface area contributed by atoms with Crippen LogP contribution in [-0.4, -0.2) is 38.2 Å². The van der Waals surface area contributed by atoms with Gasteiger partial charge in [-0.2, -0.15) is 0 Å². The minimum atomic E-state index is -0.596. The molecule has 1 amide bonds. The van der Waals surface area contributed by atoms with E-state index in [-0.39, 0.29) is 19.7 Å². The van der Waals surface area contributed by atoms with Crippen molar-refractivity contribution in [2.24, 2.45) is 0 Å². The molecule has 0 saturated heterocycles. The zero-order valence-corrected chi connectivity index (χ0v) is 13.8. The second-order valence-electron chi connectivity index (χ2n) is 5.99. The van der Waals surface area contributed by atoms with Crippen molar-refractivity contribution in [3.8, 4) is 12.3 Å². The molecule has 1 heterocycles. The maximum Gasteiger partial charge on any atom is 0.411 e. The number of amides is 1. The van der Waals surface area contributed by atoms with E-state index in [4.69, 9.17) is 11.2 Å². The molecule has 0 saturated carbocycles. The van der Waals surface area contributed by atoms with Gasteiger partial charge in [0, 0.05) is 0 Å². The molecule has 6 heteroatoms. The van der Waals surface area contributed by atoms with Crippen LogP contribution in [-0.2, 0) is 17.9 Å². The predicted octanol–water partition coefficient (Wildman–Crippen LogP) is 1.96. The van der Waals surface area contributed by atoms with Gasteiger partial charge in [0.05, 0.1) is 42.5 Å². The zero-order valence-electron chi connectivity index (χ0n) is 13.8. The van der Waals surface area contributed by atoms with Crippen molar-refractivity contribution in [2.75, 3.05) is 6.54 Å². The van der Waals surface area contributed by atoms with Crippen molar-refractivity contribution >= 4 is 6.09 Å². The summed E-state index contributed by atoms with van der Waals surface area (Å²) in [7, 11) is 0. The first-order chi connectivity index (χ1) is 10.2. The second kappa shape index (κ2) is 7.23. The third kappa shape index (κ3) is 5.01. The number of terminal acetylenes is 1. The number of rotatable bonds is 4. The van der Waals surface area contributed by atoms with Crippen LogP contribution in [0.5, 0.6) is 0 Å². The maximum absolute atomic E-state index is 12.2. The SMILES string of the molecule is C#CCN(Cc1nc(C)c(CO)nc1C)C(=O)OC(C)(C)C. The fraction of sp³-hybridized carbons (Fsp3) is 0.562. The van der Waals surface area contributed by atoms with Crippen molar-refractivity contribution in [1.82, 2.24) is 14.9 Å². The summed E-state index contributed by atoms with van der Waals surface area (Å²) in [6.07, 6.45) is 4.84. The molecule has 0 aromatic carbocycles. The Hall–Kier alpha value is -2.13. The third-order valence-electron chi connectivity index (χ3n) is 2.86. The standard InChI is InChI=1S/C16H23N3O3/c1-7-8-19(15(21)22-16(4,5)6)9-13-11(2)18-14(10-20)12(3)17-13/h1,20H,8-10H2,2-6H3. The molecule has 0 aliphatic rings. The summed E-state index contributed by atoms with van der Waals surface area (Å²) in [5, 5.41) is 9.20. The lowest BCUT2D eigenvalue weighted by Gasteiger charge is -2.26. The Morgan fingerprint density at radius 2 is 1.82 bits per heavy atom. The first-order valence-corrected chi connectivity index (χ1v) is 7.03. The molecule has 0 aliphatic carbocycles. The van der Waals surface area contributed by atoms with E-state index in [1.165, 1.54) is 4.90 Å². The number of aliphatic hydroxyl groups is 1. The van der Waals surface area contributed by atoms with Gasteiger partial charge in [0.1, 0.15) is 5.60 Å². The molecule has 0 atom stereocenters. The highest BCUT2D eigenvalue weighted by atomic mass is 16.6. The van der Waals surface area contributed by atoms with Gasteiger partial charge in [-0.15, -0.1) is 6.42 Å². The number of hydrogen-bond donors (Lipinski definition) is 1. The summed E-state index contributed by atoms with van der Waals surface area (Å²) in [6, 6.07) is 0. The molecule has 1 aromatic rings. The molecule has 0 aliphatic heterocycles. The van der Waals surface area contributed by atoms with Crippen molar-refractivity contribution in [3.05, 3.63) is 22.8 Å². The predicted molar refractivity (Wildman–Crippen MR) is 82.9 cm³/mol. The van der Waals surface area contributed by atoms with Crippen LogP contribution in [0.4, 0.5) is 4.79 Å². The van der Waals surface area contributed by atoms with Crippen LogP contribution < -0.4 is 0 Å². The topological polar surface area (TPSA) is 75.5 Å². The summed E-state index contributed by atoms with van der Waals surface area (Å²) in [6.45, 7) is 9.10. The molecule has 0 unspecified atom stereocenters. The smallest absolute Gasteiger partial charge is 0.411 e. The molecular formula is C16H23N3O3. The lowest BCUT2D eigenvalue weighted by molar-refractivity contribution is 0.0257. The summed E-state index contributed by atoms with van der Waals surface area (Å²) in [4.78, 5) is 22.3. The van der Waals surface area contributed by atoms with Crippen molar-refractivity contribution in [1.29, 1.82) is 0 Å². The number of nitrogens with zero attached hydrogens (tertiary/aromatic N) is 3. The zero-order chi connectivity index (χ0) is 16.9. The van der Waals surface area contributed by atoms with E-state index in [1.54, 1.807) is 34.6 Å². The number of aryl methyl sites for hydroxylation is 2. The summed E-state index contributed by atoms with van der Waals surface area (Å²) in [5.41, 5.74) is 1.85. The van der Waals surface area contributed by atoms with Crippen LogP contribution in [0.25, 0.3) is 0 Å². The lowest BCUT2D eigenvalue weighted by Crippen LogP contribution is -2.37. The molecule has 0 bridgehead atoms. The van der Waals surface area contributed by atoms with Crippen LogP contribution in [0.1, 0.15) is 43.5 Å². The van der Waals surface area contributed by atoms with Crippen LogP contribution in [0.3, 0.4) is 0 Å². The van der Waals surface area contributed by atoms with E-state index in [9.17, 15) is 9.90 Å². The van der Waals surface area contributed by atoms with Gasteiger partial charge in [-0.05, 0) is 34.6 Å².